The van der Waals surface area contributed by atoms with Crippen molar-refractivity contribution in [2.24, 2.45) is 0 Å². The molecule has 0 aliphatic heterocycles. The first-order valence-electron chi connectivity index (χ1n) is 11.1. The molecule has 0 bridgehead atoms. The maximum absolute atomic E-state index is 13.1. The van der Waals surface area contributed by atoms with Crippen LogP contribution in [0.3, 0.4) is 0 Å². The van der Waals surface area contributed by atoms with Gasteiger partial charge >= 0.3 is 0 Å². The highest BCUT2D eigenvalue weighted by molar-refractivity contribution is 6.07. The van der Waals surface area contributed by atoms with Crippen molar-refractivity contribution in [3.8, 4) is 28.5 Å². The zero-order valence-corrected chi connectivity index (χ0v) is 19.7. The Morgan fingerprint density at radius 1 is 0.857 bits per heavy atom. The standard InChI is InChI=1S/C29H24N2O4/c1-33-22-11-8-20(9-12-22)28-24(31-17-16-19-6-4-5-7-23(19)29(31)30-28)13-14-25(32)21-10-15-26(34-2)27(18-21)35-3/h4-18H,1-3H3/b14-13+. The van der Waals surface area contributed by atoms with Crippen molar-refractivity contribution in [2.75, 3.05) is 21.3 Å². The molecule has 0 saturated heterocycles. The van der Waals surface area contributed by atoms with Crippen molar-refractivity contribution in [1.82, 2.24) is 9.38 Å². The van der Waals surface area contributed by atoms with E-state index in [9.17, 15) is 4.79 Å². The molecule has 0 atom stereocenters. The van der Waals surface area contributed by atoms with Gasteiger partial charge in [-0.15, -0.1) is 0 Å². The average molecular weight is 465 g/mol. The highest BCUT2D eigenvalue weighted by atomic mass is 16.5. The number of hydrogen-bond acceptors (Lipinski definition) is 5. The fraction of sp³-hybridized carbons (Fsp3) is 0.103. The van der Waals surface area contributed by atoms with Crippen LogP contribution in [0.2, 0.25) is 0 Å². The molecular weight excluding hydrogens is 440 g/mol. The zero-order valence-electron chi connectivity index (χ0n) is 19.7. The Balaban J connectivity index is 1.63. The third kappa shape index (κ3) is 4.10. The number of pyridine rings is 1. The number of rotatable bonds is 7. The van der Waals surface area contributed by atoms with Crippen LogP contribution in [0.15, 0.2) is 85.1 Å². The van der Waals surface area contributed by atoms with E-state index in [1.165, 1.54) is 0 Å². The number of hydrogen-bond donors (Lipinski definition) is 0. The molecule has 0 radical (unpaired) electrons. The number of fused-ring (bicyclic) bond motifs is 3. The summed E-state index contributed by atoms with van der Waals surface area (Å²) in [6.07, 6.45) is 5.36. The van der Waals surface area contributed by atoms with Crippen molar-refractivity contribution in [2.45, 2.75) is 0 Å². The number of allylic oxidation sites excluding steroid dienone is 1. The largest absolute Gasteiger partial charge is 0.497 e. The van der Waals surface area contributed by atoms with E-state index in [0.717, 1.165) is 39.1 Å². The molecule has 0 aliphatic carbocycles. The van der Waals surface area contributed by atoms with Crippen LogP contribution in [0.5, 0.6) is 17.2 Å². The maximum atomic E-state index is 13.1. The monoisotopic (exact) mass is 464 g/mol. The van der Waals surface area contributed by atoms with Crippen molar-refractivity contribution in [3.63, 3.8) is 0 Å². The molecule has 0 fully saturated rings. The molecule has 0 aliphatic rings. The summed E-state index contributed by atoms with van der Waals surface area (Å²) in [5.74, 6) is 1.70. The Labute approximate surface area is 203 Å². The van der Waals surface area contributed by atoms with Gasteiger partial charge in [0.25, 0.3) is 0 Å². The van der Waals surface area contributed by atoms with Gasteiger partial charge in [-0.3, -0.25) is 9.20 Å². The van der Waals surface area contributed by atoms with Gasteiger partial charge in [-0.25, -0.2) is 4.98 Å². The molecule has 2 aromatic heterocycles. The molecule has 35 heavy (non-hydrogen) atoms. The molecular formula is C29H24N2O4. The van der Waals surface area contributed by atoms with Crippen LogP contribution in [-0.4, -0.2) is 36.5 Å². The molecule has 6 nitrogen and oxygen atoms in total. The molecule has 5 aromatic rings. The number of methoxy groups -OCH3 is 3. The Morgan fingerprint density at radius 3 is 2.37 bits per heavy atom. The number of benzene rings is 3. The Hall–Kier alpha value is -4.58. The number of ketones is 1. The van der Waals surface area contributed by atoms with Gasteiger partial charge in [0.05, 0.1) is 32.7 Å². The molecule has 0 N–H and O–H groups in total. The third-order valence-corrected chi connectivity index (χ3v) is 5.98. The van der Waals surface area contributed by atoms with Crippen LogP contribution in [-0.2, 0) is 0 Å². The van der Waals surface area contributed by atoms with Crippen molar-refractivity contribution in [3.05, 3.63) is 96.3 Å². The summed E-state index contributed by atoms with van der Waals surface area (Å²) >= 11 is 0. The second kappa shape index (κ2) is 9.35. The van der Waals surface area contributed by atoms with Crippen molar-refractivity contribution < 1.29 is 19.0 Å². The molecule has 2 heterocycles. The number of carbonyl (C=O) groups excluding carboxylic acids is 1. The summed E-state index contributed by atoms with van der Waals surface area (Å²) in [6, 6.07) is 23.0. The smallest absolute Gasteiger partial charge is 0.186 e. The molecule has 0 unspecified atom stereocenters. The predicted molar refractivity (Wildman–Crippen MR) is 138 cm³/mol. The number of carbonyl (C=O) groups is 1. The summed E-state index contributed by atoms with van der Waals surface area (Å²) < 4.78 is 18.0. The fourth-order valence-corrected chi connectivity index (χ4v) is 4.15. The zero-order chi connectivity index (χ0) is 24.4. The first kappa shape index (κ1) is 22.2. The lowest BCUT2D eigenvalue weighted by molar-refractivity contribution is 0.104. The van der Waals surface area contributed by atoms with E-state index in [2.05, 4.69) is 18.2 Å². The molecule has 5 rings (SSSR count). The Bertz CT molecular complexity index is 1570. The highest BCUT2D eigenvalue weighted by Gasteiger charge is 2.15. The average Bonchev–Trinajstić information content (AvgIpc) is 3.30. The van der Waals surface area contributed by atoms with Crippen LogP contribution in [0.1, 0.15) is 16.1 Å². The number of ether oxygens (including phenoxy) is 3. The summed E-state index contributed by atoms with van der Waals surface area (Å²) in [5, 5.41) is 2.14. The summed E-state index contributed by atoms with van der Waals surface area (Å²) in [4.78, 5) is 18.0. The minimum absolute atomic E-state index is 0.151. The van der Waals surface area contributed by atoms with Crippen molar-refractivity contribution >= 4 is 28.3 Å². The Morgan fingerprint density at radius 2 is 1.63 bits per heavy atom. The molecule has 0 amide bonds. The Kier molecular flexibility index (Phi) is 5.94. The van der Waals surface area contributed by atoms with Crippen LogP contribution in [0, 0.1) is 0 Å². The van der Waals surface area contributed by atoms with Gasteiger partial charge in [0, 0.05) is 22.7 Å². The van der Waals surface area contributed by atoms with E-state index in [0.29, 0.717) is 17.1 Å². The van der Waals surface area contributed by atoms with Gasteiger partial charge in [-0.2, -0.15) is 0 Å². The number of nitrogens with zero attached hydrogens (tertiary/aromatic N) is 2. The van der Waals surface area contributed by atoms with Gasteiger partial charge in [0.2, 0.25) is 0 Å². The van der Waals surface area contributed by atoms with E-state index in [-0.39, 0.29) is 5.78 Å². The quantitative estimate of drug-likeness (QED) is 0.216. The highest BCUT2D eigenvalue weighted by Crippen LogP contribution is 2.31. The maximum Gasteiger partial charge on any atom is 0.186 e. The summed E-state index contributed by atoms with van der Waals surface area (Å²) in [5.41, 5.74) is 3.85. The molecule has 174 valence electrons. The molecule has 6 heteroatoms. The predicted octanol–water partition coefficient (Wildman–Crippen LogP) is 6.08. The lowest BCUT2D eigenvalue weighted by Crippen LogP contribution is -1.98. The minimum atomic E-state index is -0.151. The molecule has 0 saturated carbocycles. The van der Waals surface area contributed by atoms with Crippen LogP contribution in [0.25, 0.3) is 33.8 Å². The van der Waals surface area contributed by atoms with Crippen LogP contribution >= 0.6 is 0 Å². The van der Waals surface area contributed by atoms with E-state index in [1.807, 2.05) is 53.1 Å². The topological polar surface area (TPSA) is 62.1 Å². The molecule has 0 spiro atoms. The lowest BCUT2D eigenvalue weighted by atomic mass is 10.1. The second-order valence-corrected chi connectivity index (χ2v) is 7.94. The normalized spacial score (nSPS) is 11.3. The SMILES string of the molecule is COc1ccc(-c2nc3c4ccccc4ccn3c2/C=C/C(=O)c2ccc(OC)c(OC)c2)cc1. The van der Waals surface area contributed by atoms with Crippen LogP contribution in [0.4, 0.5) is 0 Å². The molecule has 3 aromatic carbocycles. The van der Waals surface area contributed by atoms with E-state index >= 15 is 0 Å². The van der Waals surface area contributed by atoms with E-state index < -0.39 is 0 Å². The van der Waals surface area contributed by atoms with Gasteiger partial charge in [-0.05, 0) is 66.1 Å². The van der Waals surface area contributed by atoms with Gasteiger partial charge in [0.1, 0.15) is 11.4 Å². The van der Waals surface area contributed by atoms with Gasteiger partial charge in [0.15, 0.2) is 17.3 Å². The van der Waals surface area contributed by atoms with E-state index in [4.69, 9.17) is 19.2 Å². The third-order valence-electron chi connectivity index (χ3n) is 5.98. The van der Waals surface area contributed by atoms with E-state index in [1.54, 1.807) is 45.6 Å². The number of aromatic nitrogens is 2. The minimum Gasteiger partial charge on any atom is -0.497 e. The van der Waals surface area contributed by atoms with Crippen LogP contribution < -0.4 is 14.2 Å². The van der Waals surface area contributed by atoms with Gasteiger partial charge in [-0.1, -0.05) is 24.3 Å². The first-order valence-corrected chi connectivity index (χ1v) is 11.1. The summed E-state index contributed by atoms with van der Waals surface area (Å²) in [6.45, 7) is 0. The summed E-state index contributed by atoms with van der Waals surface area (Å²) in [7, 11) is 4.75. The fourth-order valence-electron chi connectivity index (χ4n) is 4.15. The second-order valence-electron chi connectivity index (χ2n) is 7.94. The number of imidazole rings is 1. The van der Waals surface area contributed by atoms with Gasteiger partial charge < -0.3 is 14.2 Å². The van der Waals surface area contributed by atoms with Crippen molar-refractivity contribution in [1.29, 1.82) is 0 Å². The lowest BCUT2D eigenvalue weighted by Gasteiger charge is -2.08. The first-order chi connectivity index (χ1) is 17.1.